The first-order valence-electron chi connectivity index (χ1n) is 10.6. The van der Waals surface area contributed by atoms with Crippen molar-refractivity contribution in [1.29, 1.82) is 0 Å². The molecule has 0 aliphatic carbocycles. The molecule has 31 heavy (non-hydrogen) atoms. The van der Waals surface area contributed by atoms with Gasteiger partial charge in [0, 0.05) is 16.8 Å². The molecule has 0 saturated heterocycles. The van der Waals surface area contributed by atoms with Gasteiger partial charge >= 0.3 is 0 Å². The maximum Gasteiger partial charge on any atom is 0.255 e. The summed E-state index contributed by atoms with van der Waals surface area (Å²) in [5.74, 6) is 0.710. The standard InChI is InChI=1S/C22H18N2O2S.2C2H6/c1-14-3-5-15(6-4-14)21(25)23-17-9-7-16(8-10-17)22-24-19-12-11-18(26-2)13-20(19)27-22;2*1-2/h3-13H,1-2H3,(H,23,25);2*1-2H3. The number of carbonyl (C=O) groups is 1. The number of anilines is 1. The van der Waals surface area contributed by atoms with Crippen molar-refractivity contribution < 1.29 is 9.53 Å². The number of rotatable bonds is 4. The molecule has 4 rings (SSSR count). The topological polar surface area (TPSA) is 51.2 Å². The first kappa shape index (κ1) is 24.1. The highest BCUT2D eigenvalue weighted by molar-refractivity contribution is 7.21. The fraction of sp³-hybridized carbons (Fsp3) is 0.231. The molecule has 0 atom stereocenters. The molecule has 1 N–H and O–H groups in total. The number of carbonyl (C=O) groups excluding carboxylic acids is 1. The fourth-order valence-electron chi connectivity index (χ4n) is 2.76. The van der Waals surface area contributed by atoms with Crippen LogP contribution in [0.5, 0.6) is 5.75 Å². The first-order chi connectivity index (χ1) is 15.1. The minimum atomic E-state index is -0.116. The average Bonchev–Trinajstić information content (AvgIpc) is 3.26. The Bertz CT molecular complexity index is 1100. The van der Waals surface area contributed by atoms with Crippen LogP contribution in [-0.4, -0.2) is 18.0 Å². The van der Waals surface area contributed by atoms with Crippen LogP contribution in [-0.2, 0) is 0 Å². The third-order valence-electron chi connectivity index (χ3n) is 4.30. The molecule has 4 aromatic rings. The summed E-state index contributed by atoms with van der Waals surface area (Å²) in [5, 5.41) is 3.87. The number of benzene rings is 3. The zero-order valence-electron chi connectivity index (χ0n) is 19.0. The second kappa shape index (κ2) is 11.9. The number of hydrogen-bond acceptors (Lipinski definition) is 4. The molecule has 0 radical (unpaired) electrons. The number of amides is 1. The van der Waals surface area contributed by atoms with E-state index in [0.717, 1.165) is 37.8 Å². The number of aromatic nitrogens is 1. The number of hydrogen-bond donors (Lipinski definition) is 1. The highest BCUT2D eigenvalue weighted by atomic mass is 32.1. The lowest BCUT2D eigenvalue weighted by molar-refractivity contribution is 0.102. The maximum atomic E-state index is 12.3. The Morgan fingerprint density at radius 2 is 1.55 bits per heavy atom. The summed E-state index contributed by atoms with van der Waals surface area (Å²) >= 11 is 1.62. The summed E-state index contributed by atoms with van der Waals surface area (Å²) in [6.07, 6.45) is 0. The Morgan fingerprint density at radius 3 is 2.16 bits per heavy atom. The normalized spacial score (nSPS) is 9.74. The zero-order valence-corrected chi connectivity index (χ0v) is 19.8. The van der Waals surface area contributed by atoms with Crippen LogP contribution in [0.3, 0.4) is 0 Å². The smallest absolute Gasteiger partial charge is 0.255 e. The highest BCUT2D eigenvalue weighted by Crippen LogP contribution is 2.32. The summed E-state index contributed by atoms with van der Waals surface area (Å²) in [4.78, 5) is 17.0. The van der Waals surface area contributed by atoms with Crippen molar-refractivity contribution >= 4 is 33.1 Å². The van der Waals surface area contributed by atoms with Crippen molar-refractivity contribution in [2.45, 2.75) is 34.6 Å². The van der Waals surface area contributed by atoms with Crippen molar-refractivity contribution in [1.82, 2.24) is 4.98 Å². The third-order valence-corrected chi connectivity index (χ3v) is 5.37. The molecule has 0 aliphatic heterocycles. The van der Waals surface area contributed by atoms with E-state index in [0.29, 0.717) is 5.56 Å². The Labute approximate surface area is 188 Å². The summed E-state index contributed by atoms with van der Waals surface area (Å²) in [6.45, 7) is 10.00. The molecule has 1 amide bonds. The monoisotopic (exact) mass is 434 g/mol. The van der Waals surface area contributed by atoms with Crippen LogP contribution in [0.2, 0.25) is 0 Å². The molecule has 1 aromatic heterocycles. The van der Waals surface area contributed by atoms with Crippen LogP contribution in [0.1, 0.15) is 43.6 Å². The molecule has 0 aliphatic rings. The lowest BCUT2D eigenvalue weighted by Crippen LogP contribution is -2.11. The molecule has 0 bridgehead atoms. The van der Waals surface area contributed by atoms with Gasteiger partial charge in [0.25, 0.3) is 5.91 Å². The van der Waals surface area contributed by atoms with Crippen LogP contribution in [0.25, 0.3) is 20.8 Å². The molecule has 1 heterocycles. The number of methoxy groups -OCH3 is 1. The number of ether oxygens (including phenoxy) is 1. The van der Waals surface area contributed by atoms with E-state index in [-0.39, 0.29) is 5.91 Å². The largest absolute Gasteiger partial charge is 0.497 e. The number of thiazole rings is 1. The molecule has 0 unspecified atom stereocenters. The molecular weight excluding hydrogens is 404 g/mol. The molecule has 0 spiro atoms. The van der Waals surface area contributed by atoms with Gasteiger partial charge in [-0.2, -0.15) is 0 Å². The second-order valence-corrected chi connectivity index (χ2v) is 7.28. The van der Waals surface area contributed by atoms with Gasteiger partial charge in [-0.25, -0.2) is 4.98 Å². The van der Waals surface area contributed by atoms with Crippen molar-refractivity contribution in [3.63, 3.8) is 0 Å². The van der Waals surface area contributed by atoms with Crippen molar-refractivity contribution in [3.05, 3.63) is 77.9 Å². The molecule has 4 nitrogen and oxygen atoms in total. The van der Waals surface area contributed by atoms with E-state index >= 15 is 0 Å². The van der Waals surface area contributed by atoms with E-state index in [4.69, 9.17) is 4.74 Å². The third kappa shape index (κ3) is 6.15. The number of fused-ring (bicyclic) bond motifs is 1. The molecule has 0 fully saturated rings. The summed E-state index contributed by atoms with van der Waals surface area (Å²) < 4.78 is 6.36. The predicted molar refractivity (Wildman–Crippen MR) is 133 cm³/mol. The van der Waals surface area contributed by atoms with Crippen LogP contribution in [0.15, 0.2) is 66.7 Å². The van der Waals surface area contributed by atoms with Crippen molar-refractivity contribution in [2.75, 3.05) is 12.4 Å². The van der Waals surface area contributed by atoms with Crippen LogP contribution < -0.4 is 10.1 Å². The summed E-state index contributed by atoms with van der Waals surface area (Å²) in [6, 6.07) is 21.1. The van der Waals surface area contributed by atoms with Gasteiger partial charge in [0.1, 0.15) is 10.8 Å². The van der Waals surface area contributed by atoms with E-state index in [9.17, 15) is 4.79 Å². The van der Waals surface area contributed by atoms with Crippen molar-refractivity contribution in [2.24, 2.45) is 0 Å². The number of aryl methyl sites for hydroxylation is 1. The maximum absolute atomic E-state index is 12.3. The lowest BCUT2D eigenvalue weighted by atomic mass is 10.1. The SMILES string of the molecule is CC.CC.COc1ccc2nc(-c3ccc(NC(=O)c4ccc(C)cc4)cc3)sc2c1. The first-order valence-corrected chi connectivity index (χ1v) is 11.4. The predicted octanol–water partition coefficient (Wildman–Crippen LogP) is 7.59. The van der Waals surface area contributed by atoms with Gasteiger partial charge < -0.3 is 10.1 Å². The van der Waals surface area contributed by atoms with E-state index in [1.54, 1.807) is 18.4 Å². The van der Waals surface area contributed by atoms with Crippen LogP contribution in [0.4, 0.5) is 5.69 Å². The minimum Gasteiger partial charge on any atom is -0.497 e. The van der Waals surface area contributed by atoms with Gasteiger partial charge in [-0.1, -0.05) is 45.4 Å². The van der Waals surface area contributed by atoms with Gasteiger partial charge in [-0.3, -0.25) is 4.79 Å². The quantitative estimate of drug-likeness (QED) is 0.360. The Kier molecular flexibility index (Phi) is 9.22. The van der Waals surface area contributed by atoms with E-state index in [1.807, 2.05) is 101 Å². The van der Waals surface area contributed by atoms with E-state index in [1.165, 1.54) is 0 Å². The Morgan fingerprint density at radius 1 is 0.903 bits per heavy atom. The van der Waals surface area contributed by atoms with Crippen LogP contribution >= 0.6 is 11.3 Å². The van der Waals surface area contributed by atoms with Gasteiger partial charge in [0.15, 0.2) is 0 Å². The highest BCUT2D eigenvalue weighted by Gasteiger charge is 2.09. The molecular formula is C26H30N2O2S. The van der Waals surface area contributed by atoms with Gasteiger partial charge in [-0.15, -0.1) is 11.3 Å². The molecule has 5 heteroatoms. The lowest BCUT2D eigenvalue weighted by Gasteiger charge is -2.06. The Balaban J connectivity index is 0.000000807. The molecule has 3 aromatic carbocycles. The zero-order chi connectivity index (χ0) is 22.8. The number of nitrogens with one attached hydrogen (secondary N) is 1. The van der Waals surface area contributed by atoms with Gasteiger partial charge in [-0.05, 0) is 61.5 Å². The summed E-state index contributed by atoms with van der Waals surface area (Å²) in [7, 11) is 1.66. The Hall–Kier alpha value is -3.18. The molecule has 162 valence electrons. The average molecular weight is 435 g/mol. The minimum absolute atomic E-state index is 0.116. The summed E-state index contributed by atoms with van der Waals surface area (Å²) in [5.41, 5.74) is 4.50. The van der Waals surface area contributed by atoms with E-state index < -0.39 is 0 Å². The number of nitrogens with zero attached hydrogens (tertiary/aromatic N) is 1. The van der Waals surface area contributed by atoms with E-state index in [2.05, 4.69) is 10.3 Å². The van der Waals surface area contributed by atoms with Gasteiger partial charge in [0.2, 0.25) is 0 Å². The second-order valence-electron chi connectivity index (χ2n) is 6.25. The van der Waals surface area contributed by atoms with Crippen LogP contribution in [0, 0.1) is 6.92 Å². The van der Waals surface area contributed by atoms with Crippen molar-refractivity contribution in [3.8, 4) is 16.3 Å². The molecule has 0 saturated carbocycles. The van der Waals surface area contributed by atoms with Gasteiger partial charge in [0.05, 0.1) is 17.3 Å². The fourth-order valence-corrected chi connectivity index (χ4v) is 3.76.